The van der Waals surface area contributed by atoms with Gasteiger partial charge in [-0.25, -0.2) is 0 Å². The molecule has 1 aliphatic rings. The average molecular weight is 213 g/mol. The normalized spacial score (nSPS) is 22.6. The van der Waals surface area contributed by atoms with Crippen LogP contribution in [0.2, 0.25) is 0 Å². The molecule has 0 amide bonds. The van der Waals surface area contributed by atoms with Gasteiger partial charge in [-0.3, -0.25) is 0 Å². The molecule has 1 fully saturated rings. The van der Waals surface area contributed by atoms with Crippen LogP contribution in [0.3, 0.4) is 0 Å². The first-order valence-electron chi connectivity index (χ1n) is 6.54. The Morgan fingerprint density at radius 2 is 1.87 bits per heavy atom. The molecular formula is C13H27NO. The van der Waals surface area contributed by atoms with Crippen LogP contribution in [0.25, 0.3) is 0 Å². The molecule has 2 nitrogen and oxygen atoms in total. The third kappa shape index (κ3) is 3.76. The number of nitrogens with one attached hydrogen (secondary N) is 1. The third-order valence-electron chi connectivity index (χ3n) is 3.78. The molecule has 0 radical (unpaired) electrons. The van der Waals surface area contributed by atoms with Gasteiger partial charge in [-0.2, -0.15) is 0 Å². The zero-order valence-electron chi connectivity index (χ0n) is 10.6. The zero-order chi connectivity index (χ0) is 11.1. The van der Waals surface area contributed by atoms with Gasteiger partial charge in [0.2, 0.25) is 0 Å². The lowest BCUT2D eigenvalue weighted by Gasteiger charge is -2.41. The Balaban J connectivity index is 2.50. The van der Waals surface area contributed by atoms with E-state index in [9.17, 15) is 0 Å². The maximum atomic E-state index is 5.60. The Labute approximate surface area is 94.8 Å². The van der Waals surface area contributed by atoms with E-state index in [-0.39, 0.29) is 0 Å². The number of ether oxygens (including phenoxy) is 1. The number of hydrogen-bond acceptors (Lipinski definition) is 2. The smallest absolute Gasteiger partial charge is 0.0624 e. The second-order valence-corrected chi connectivity index (χ2v) is 4.98. The molecule has 0 aromatic heterocycles. The van der Waals surface area contributed by atoms with E-state index in [0.717, 1.165) is 19.8 Å². The maximum absolute atomic E-state index is 5.60. The first-order valence-corrected chi connectivity index (χ1v) is 6.54. The summed E-state index contributed by atoms with van der Waals surface area (Å²) in [4.78, 5) is 0. The van der Waals surface area contributed by atoms with E-state index in [1.807, 2.05) is 0 Å². The Morgan fingerprint density at radius 1 is 1.20 bits per heavy atom. The van der Waals surface area contributed by atoms with Crippen LogP contribution in [0.5, 0.6) is 0 Å². The Bertz CT molecular complexity index is 164. The fourth-order valence-electron chi connectivity index (χ4n) is 2.70. The van der Waals surface area contributed by atoms with E-state index >= 15 is 0 Å². The largest absolute Gasteiger partial charge is 0.380 e. The summed E-state index contributed by atoms with van der Waals surface area (Å²) in [7, 11) is 0. The summed E-state index contributed by atoms with van der Waals surface area (Å²) < 4.78 is 5.60. The van der Waals surface area contributed by atoms with E-state index in [4.69, 9.17) is 4.74 Å². The Kier molecular flexibility index (Phi) is 5.62. The molecular weight excluding hydrogens is 186 g/mol. The van der Waals surface area contributed by atoms with Crippen LogP contribution in [0.1, 0.15) is 52.9 Å². The topological polar surface area (TPSA) is 21.3 Å². The van der Waals surface area contributed by atoms with Crippen molar-refractivity contribution in [3.63, 3.8) is 0 Å². The molecule has 0 bridgehead atoms. The monoisotopic (exact) mass is 213 g/mol. The molecule has 1 aliphatic carbocycles. The molecule has 1 saturated carbocycles. The predicted octanol–water partition coefficient (Wildman–Crippen LogP) is 2.97. The molecule has 0 heterocycles. The van der Waals surface area contributed by atoms with E-state index in [0.29, 0.717) is 11.5 Å². The molecule has 15 heavy (non-hydrogen) atoms. The van der Waals surface area contributed by atoms with Crippen molar-refractivity contribution < 1.29 is 4.74 Å². The molecule has 1 N–H and O–H groups in total. The number of likely N-dealkylation sites (N-methyl/N-ethyl adjacent to an activating group) is 1. The second-order valence-electron chi connectivity index (χ2n) is 4.98. The highest BCUT2D eigenvalue weighted by molar-refractivity contribution is 4.89. The fourth-order valence-corrected chi connectivity index (χ4v) is 2.70. The first-order chi connectivity index (χ1) is 7.23. The van der Waals surface area contributed by atoms with Crippen LogP contribution in [-0.2, 0) is 4.74 Å². The molecule has 90 valence electrons. The van der Waals surface area contributed by atoms with Crippen molar-refractivity contribution in [2.24, 2.45) is 5.41 Å². The van der Waals surface area contributed by atoms with Crippen molar-refractivity contribution >= 4 is 0 Å². The van der Waals surface area contributed by atoms with Crippen molar-refractivity contribution in [1.82, 2.24) is 5.32 Å². The second kappa shape index (κ2) is 6.49. The van der Waals surface area contributed by atoms with Gasteiger partial charge < -0.3 is 10.1 Å². The van der Waals surface area contributed by atoms with Crippen molar-refractivity contribution in [3.05, 3.63) is 0 Å². The Hall–Kier alpha value is -0.0800. The Morgan fingerprint density at radius 3 is 2.40 bits per heavy atom. The minimum Gasteiger partial charge on any atom is -0.380 e. The van der Waals surface area contributed by atoms with Crippen molar-refractivity contribution in [2.45, 2.75) is 58.9 Å². The molecule has 1 rings (SSSR count). The molecule has 0 aromatic rings. The molecule has 1 unspecified atom stereocenters. The molecule has 0 spiro atoms. The summed E-state index contributed by atoms with van der Waals surface area (Å²) >= 11 is 0. The highest BCUT2D eigenvalue weighted by Crippen LogP contribution is 2.38. The van der Waals surface area contributed by atoms with E-state index in [1.54, 1.807) is 0 Å². The quantitative estimate of drug-likeness (QED) is 0.732. The number of rotatable bonds is 6. The van der Waals surface area contributed by atoms with Crippen LogP contribution in [-0.4, -0.2) is 25.8 Å². The fraction of sp³-hybridized carbons (Fsp3) is 1.00. The van der Waals surface area contributed by atoms with Crippen molar-refractivity contribution in [3.8, 4) is 0 Å². The van der Waals surface area contributed by atoms with Gasteiger partial charge in [-0.1, -0.05) is 33.1 Å². The third-order valence-corrected chi connectivity index (χ3v) is 3.78. The predicted molar refractivity (Wildman–Crippen MR) is 65.1 cm³/mol. The zero-order valence-corrected chi connectivity index (χ0v) is 10.6. The van der Waals surface area contributed by atoms with E-state index in [2.05, 4.69) is 26.1 Å². The van der Waals surface area contributed by atoms with Crippen LogP contribution >= 0.6 is 0 Å². The summed E-state index contributed by atoms with van der Waals surface area (Å²) in [5.74, 6) is 0. The lowest BCUT2D eigenvalue weighted by Crippen LogP contribution is -2.47. The summed E-state index contributed by atoms with van der Waals surface area (Å²) in [6.07, 6.45) is 6.92. The summed E-state index contributed by atoms with van der Waals surface area (Å²) in [6.45, 7) is 9.45. The van der Waals surface area contributed by atoms with Gasteiger partial charge in [0.1, 0.15) is 0 Å². The molecule has 1 atom stereocenters. The standard InChI is InChI=1S/C13H27NO/c1-4-14-12(11-15-5-2)13(3)9-7-6-8-10-13/h12,14H,4-11H2,1-3H3. The van der Waals surface area contributed by atoms with E-state index in [1.165, 1.54) is 32.1 Å². The summed E-state index contributed by atoms with van der Waals surface area (Å²) in [5.41, 5.74) is 0.462. The van der Waals surface area contributed by atoms with Gasteiger partial charge in [0.05, 0.1) is 6.61 Å². The highest BCUT2D eigenvalue weighted by Gasteiger charge is 2.34. The van der Waals surface area contributed by atoms with Gasteiger partial charge in [0, 0.05) is 12.6 Å². The van der Waals surface area contributed by atoms with Gasteiger partial charge in [0.15, 0.2) is 0 Å². The lowest BCUT2D eigenvalue weighted by molar-refractivity contribution is 0.0509. The van der Waals surface area contributed by atoms with Crippen LogP contribution in [0.15, 0.2) is 0 Å². The maximum Gasteiger partial charge on any atom is 0.0624 e. The van der Waals surface area contributed by atoms with Crippen LogP contribution < -0.4 is 5.32 Å². The van der Waals surface area contributed by atoms with Crippen LogP contribution in [0, 0.1) is 5.41 Å². The van der Waals surface area contributed by atoms with Crippen molar-refractivity contribution in [1.29, 1.82) is 0 Å². The van der Waals surface area contributed by atoms with Crippen LogP contribution in [0.4, 0.5) is 0 Å². The summed E-state index contributed by atoms with van der Waals surface area (Å²) in [6, 6.07) is 0.544. The van der Waals surface area contributed by atoms with Gasteiger partial charge in [0.25, 0.3) is 0 Å². The van der Waals surface area contributed by atoms with Crippen molar-refractivity contribution in [2.75, 3.05) is 19.8 Å². The SMILES string of the molecule is CCNC(COCC)C1(C)CCCCC1. The minimum atomic E-state index is 0.462. The molecule has 2 heteroatoms. The molecule has 0 aliphatic heterocycles. The highest BCUT2D eigenvalue weighted by atomic mass is 16.5. The van der Waals surface area contributed by atoms with Gasteiger partial charge in [-0.05, 0) is 31.7 Å². The van der Waals surface area contributed by atoms with E-state index < -0.39 is 0 Å². The average Bonchev–Trinajstić information content (AvgIpc) is 2.25. The summed E-state index contributed by atoms with van der Waals surface area (Å²) in [5, 5.41) is 3.60. The van der Waals surface area contributed by atoms with Gasteiger partial charge >= 0.3 is 0 Å². The molecule has 0 aromatic carbocycles. The van der Waals surface area contributed by atoms with Gasteiger partial charge in [-0.15, -0.1) is 0 Å². The number of hydrogen-bond donors (Lipinski definition) is 1. The lowest BCUT2D eigenvalue weighted by atomic mass is 9.70. The first kappa shape index (κ1) is 13.0. The molecule has 0 saturated heterocycles. The minimum absolute atomic E-state index is 0.462.